The zero-order chi connectivity index (χ0) is 30.5. The van der Waals surface area contributed by atoms with Gasteiger partial charge in [-0.05, 0) is 70.7 Å². The molecule has 2 heterocycles. The zero-order valence-electron chi connectivity index (χ0n) is 24.0. The molecule has 0 N–H and O–H groups in total. The van der Waals surface area contributed by atoms with Gasteiger partial charge in [0.25, 0.3) is 5.56 Å². The Kier molecular flexibility index (Phi) is 6.96. The van der Waals surface area contributed by atoms with Crippen molar-refractivity contribution in [3.8, 4) is 5.75 Å². The molecule has 2 aliphatic rings. The number of benzene rings is 5. The van der Waals surface area contributed by atoms with Crippen LogP contribution >= 0.6 is 22.9 Å². The SMILES string of the molecule is O=c1/c(=C\c2c(OCc3ccccc3F)ccc3ccccc23)sc2n1[C@@H](c1ccc(Cl)cc1)C1=C(N=2)c2ccccc2CC1. The molecule has 0 saturated carbocycles. The molecule has 1 aliphatic heterocycles. The third-order valence-electron chi connectivity index (χ3n) is 8.61. The molecule has 0 spiro atoms. The molecular weight excluding hydrogens is 603 g/mol. The van der Waals surface area contributed by atoms with Gasteiger partial charge in [0.15, 0.2) is 4.80 Å². The van der Waals surface area contributed by atoms with E-state index in [1.807, 2.05) is 77.4 Å². The van der Waals surface area contributed by atoms with Gasteiger partial charge in [-0.3, -0.25) is 9.36 Å². The van der Waals surface area contributed by atoms with Crippen molar-refractivity contribution in [1.82, 2.24) is 4.57 Å². The monoisotopic (exact) mass is 628 g/mol. The summed E-state index contributed by atoms with van der Waals surface area (Å²) < 4.78 is 23.0. The minimum atomic E-state index is -0.319. The van der Waals surface area contributed by atoms with E-state index in [1.54, 1.807) is 18.2 Å². The van der Waals surface area contributed by atoms with Gasteiger partial charge >= 0.3 is 0 Å². The van der Waals surface area contributed by atoms with Crippen LogP contribution in [-0.2, 0) is 13.0 Å². The van der Waals surface area contributed by atoms with Crippen LogP contribution in [0.15, 0.2) is 125 Å². The highest BCUT2D eigenvalue weighted by molar-refractivity contribution is 7.07. The molecule has 6 aromatic rings. The van der Waals surface area contributed by atoms with Crippen molar-refractivity contribution in [2.24, 2.45) is 4.99 Å². The normalized spacial score (nSPS) is 15.8. The number of aryl methyl sites for hydroxylation is 1. The summed E-state index contributed by atoms with van der Waals surface area (Å²) in [4.78, 5) is 20.2. The summed E-state index contributed by atoms with van der Waals surface area (Å²) in [5.41, 5.74) is 6.58. The topological polar surface area (TPSA) is 43.6 Å². The first kappa shape index (κ1) is 27.7. The van der Waals surface area contributed by atoms with Crippen molar-refractivity contribution in [2.75, 3.05) is 0 Å². The van der Waals surface area contributed by atoms with Crippen molar-refractivity contribution in [3.05, 3.63) is 173 Å². The lowest BCUT2D eigenvalue weighted by Gasteiger charge is -2.30. The van der Waals surface area contributed by atoms with Crippen LogP contribution in [-0.4, -0.2) is 4.57 Å². The predicted octanol–water partition coefficient (Wildman–Crippen LogP) is 7.84. The quantitative estimate of drug-likeness (QED) is 0.195. The van der Waals surface area contributed by atoms with Gasteiger partial charge in [-0.2, -0.15) is 0 Å². The van der Waals surface area contributed by atoms with Gasteiger partial charge in [-0.15, -0.1) is 0 Å². The minimum Gasteiger partial charge on any atom is -0.488 e. The van der Waals surface area contributed by atoms with Crippen molar-refractivity contribution < 1.29 is 9.13 Å². The summed E-state index contributed by atoms with van der Waals surface area (Å²) in [6.45, 7) is 0.0653. The van der Waals surface area contributed by atoms with Crippen molar-refractivity contribution >= 4 is 45.5 Å². The highest BCUT2D eigenvalue weighted by Crippen LogP contribution is 2.41. The number of halogens is 2. The molecule has 0 radical (unpaired) electrons. The lowest BCUT2D eigenvalue weighted by molar-refractivity contribution is 0.299. The summed E-state index contributed by atoms with van der Waals surface area (Å²) in [5, 5.41) is 2.60. The molecule has 1 atom stereocenters. The molecule has 45 heavy (non-hydrogen) atoms. The van der Waals surface area contributed by atoms with Crippen LogP contribution < -0.4 is 19.6 Å². The number of nitrogens with zero attached hydrogens (tertiary/aromatic N) is 2. The summed E-state index contributed by atoms with van der Waals surface area (Å²) >= 11 is 7.66. The Bertz CT molecular complexity index is 2340. The van der Waals surface area contributed by atoms with E-state index in [2.05, 4.69) is 18.2 Å². The van der Waals surface area contributed by atoms with E-state index >= 15 is 0 Å². The smallest absolute Gasteiger partial charge is 0.271 e. The van der Waals surface area contributed by atoms with Crippen LogP contribution in [0.3, 0.4) is 0 Å². The zero-order valence-corrected chi connectivity index (χ0v) is 25.6. The summed E-state index contributed by atoms with van der Waals surface area (Å²) in [7, 11) is 0. The first-order chi connectivity index (χ1) is 22.0. The van der Waals surface area contributed by atoms with Crippen LogP contribution in [0.4, 0.5) is 4.39 Å². The molecule has 0 amide bonds. The summed E-state index contributed by atoms with van der Waals surface area (Å²) in [6.07, 6.45) is 3.60. The second kappa shape index (κ2) is 11.3. The van der Waals surface area contributed by atoms with E-state index in [0.29, 0.717) is 25.7 Å². The Morgan fingerprint density at radius 3 is 2.56 bits per heavy atom. The average molecular weight is 629 g/mol. The second-order valence-electron chi connectivity index (χ2n) is 11.2. The van der Waals surface area contributed by atoms with E-state index < -0.39 is 0 Å². The fourth-order valence-electron chi connectivity index (χ4n) is 6.42. The molecule has 8 rings (SSSR count). The average Bonchev–Trinajstić information content (AvgIpc) is 3.38. The number of hydrogen-bond donors (Lipinski definition) is 0. The maximum Gasteiger partial charge on any atom is 0.271 e. The van der Waals surface area contributed by atoms with Crippen molar-refractivity contribution in [3.63, 3.8) is 0 Å². The Balaban J connectivity index is 1.33. The van der Waals surface area contributed by atoms with Crippen LogP contribution in [0.25, 0.3) is 22.5 Å². The summed E-state index contributed by atoms with van der Waals surface area (Å²) in [6, 6.07) is 34.3. The lowest BCUT2D eigenvalue weighted by atomic mass is 9.83. The van der Waals surface area contributed by atoms with E-state index in [-0.39, 0.29) is 24.0 Å². The Morgan fingerprint density at radius 2 is 1.69 bits per heavy atom. The highest BCUT2D eigenvalue weighted by Gasteiger charge is 2.32. The maximum atomic E-state index is 14.4. The van der Waals surface area contributed by atoms with Gasteiger partial charge in [-0.25, -0.2) is 9.38 Å². The van der Waals surface area contributed by atoms with E-state index in [0.717, 1.165) is 51.6 Å². The Hall–Kier alpha value is -4.78. The van der Waals surface area contributed by atoms with Crippen molar-refractivity contribution in [1.29, 1.82) is 0 Å². The van der Waals surface area contributed by atoms with Gasteiger partial charge in [0, 0.05) is 21.7 Å². The first-order valence-corrected chi connectivity index (χ1v) is 16.0. The fourth-order valence-corrected chi connectivity index (χ4v) is 7.53. The van der Waals surface area contributed by atoms with Crippen LogP contribution in [0.2, 0.25) is 5.02 Å². The van der Waals surface area contributed by atoms with Crippen LogP contribution in [0.5, 0.6) is 5.75 Å². The molecule has 5 aromatic carbocycles. The van der Waals surface area contributed by atoms with E-state index in [1.165, 1.54) is 23.0 Å². The number of fused-ring (bicyclic) bond motifs is 4. The standard InChI is InChI=1S/C38H26ClFN2O2S/c39-27-17-13-25(14-18-27)36-30-19-15-24-8-2-5-11-29(24)35(30)41-38-42(36)37(43)34(45-38)21-31-28-10-4-1-7-23(28)16-20-33(31)44-22-26-9-3-6-12-32(26)40/h1-14,16-18,20-21,36H,15,19,22H2/b34-21+/t36-/m0/s1. The number of ether oxygens (including phenoxy) is 1. The van der Waals surface area contributed by atoms with Crippen LogP contribution in [0, 0.1) is 5.82 Å². The molecule has 0 unspecified atom stereocenters. The largest absolute Gasteiger partial charge is 0.488 e. The van der Waals surface area contributed by atoms with E-state index in [4.69, 9.17) is 21.3 Å². The molecule has 7 heteroatoms. The minimum absolute atomic E-state index is 0.0653. The van der Waals surface area contributed by atoms with Gasteiger partial charge in [0.2, 0.25) is 0 Å². The molecule has 0 saturated heterocycles. The number of rotatable bonds is 5. The third kappa shape index (κ3) is 4.91. The van der Waals surface area contributed by atoms with Gasteiger partial charge in [-0.1, -0.05) is 108 Å². The van der Waals surface area contributed by atoms with Gasteiger partial charge in [0.05, 0.1) is 16.3 Å². The molecule has 220 valence electrons. The van der Waals surface area contributed by atoms with Crippen molar-refractivity contribution in [2.45, 2.75) is 25.5 Å². The Morgan fingerprint density at radius 1 is 0.911 bits per heavy atom. The number of thiazole rings is 1. The fraction of sp³-hybridized carbons (Fsp3) is 0.105. The maximum absolute atomic E-state index is 14.4. The molecule has 0 bridgehead atoms. The summed E-state index contributed by atoms with van der Waals surface area (Å²) in [5.74, 6) is 0.256. The molecule has 1 aromatic heterocycles. The number of allylic oxidation sites excluding steroid dienone is 1. The predicted molar refractivity (Wildman–Crippen MR) is 179 cm³/mol. The van der Waals surface area contributed by atoms with Gasteiger partial charge in [0.1, 0.15) is 18.2 Å². The molecular formula is C38H26ClFN2O2S. The molecule has 0 fully saturated rings. The number of aromatic nitrogens is 1. The molecule has 4 nitrogen and oxygen atoms in total. The third-order valence-corrected chi connectivity index (χ3v) is 9.84. The van der Waals surface area contributed by atoms with Crippen LogP contribution in [0.1, 0.15) is 40.3 Å². The second-order valence-corrected chi connectivity index (χ2v) is 12.7. The first-order valence-electron chi connectivity index (χ1n) is 14.8. The molecule has 1 aliphatic carbocycles. The highest BCUT2D eigenvalue weighted by atomic mass is 35.5. The van der Waals surface area contributed by atoms with Gasteiger partial charge < -0.3 is 4.74 Å². The number of hydrogen-bond acceptors (Lipinski definition) is 4. The van der Waals surface area contributed by atoms with E-state index in [9.17, 15) is 9.18 Å². The lowest BCUT2D eigenvalue weighted by Crippen LogP contribution is -2.38. The Labute approximate surface area is 267 Å².